The molecule has 1 heterocycles. The zero-order valence-electron chi connectivity index (χ0n) is 12.9. The summed E-state index contributed by atoms with van der Waals surface area (Å²) >= 11 is 12.7. The van der Waals surface area contributed by atoms with Crippen LogP contribution in [0.25, 0.3) is 6.08 Å². The Labute approximate surface area is 155 Å². The van der Waals surface area contributed by atoms with Crippen LogP contribution in [0.3, 0.4) is 0 Å². The van der Waals surface area contributed by atoms with E-state index < -0.39 is 0 Å². The maximum Gasteiger partial charge on any atom is 0.266 e. The first kappa shape index (κ1) is 17.0. The van der Waals surface area contributed by atoms with Gasteiger partial charge < -0.3 is 4.74 Å². The molecule has 0 unspecified atom stereocenters. The summed E-state index contributed by atoms with van der Waals surface area (Å²) in [4.78, 5) is 14.9. The fraction of sp³-hybridized carbons (Fsp3) is 0.111. The van der Waals surface area contributed by atoms with Crippen LogP contribution in [-0.4, -0.2) is 22.2 Å². The van der Waals surface area contributed by atoms with Crippen molar-refractivity contribution in [1.82, 2.24) is 4.90 Å². The van der Waals surface area contributed by atoms with E-state index in [0.29, 0.717) is 26.5 Å². The molecule has 122 valence electrons. The SMILES string of the molecule is COc1ccc(Cl)cc1C=C1SC(=S)N(Cc2ccccc2)C1=O. The van der Waals surface area contributed by atoms with Gasteiger partial charge in [-0.15, -0.1) is 0 Å². The van der Waals surface area contributed by atoms with Crippen molar-refractivity contribution in [2.45, 2.75) is 6.54 Å². The number of benzene rings is 2. The highest BCUT2D eigenvalue weighted by molar-refractivity contribution is 8.26. The monoisotopic (exact) mass is 375 g/mol. The van der Waals surface area contributed by atoms with Crippen molar-refractivity contribution >= 4 is 51.9 Å². The summed E-state index contributed by atoms with van der Waals surface area (Å²) in [6, 6.07) is 15.1. The summed E-state index contributed by atoms with van der Waals surface area (Å²) in [6.07, 6.45) is 1.77. The fourth-order valence-corrected chi connectivity index (χ4v) is 3.79. The van der Waals surface area contributed by atoms with Crippen molar-refractivity contribution in [2.24, 2.45) is 0 Å². The van der Waals surface area contributed by atoms with Crippen molar-refractivity contribution < 1.29 is 9.53 Å². The molecule has 0 aliphatic carbocycles. The van der Waals surface area contributed by atoms with Crippen LogP contribution in [-0.2, 0) is 11.3 Å². The minimum absolute atomic E-state index is 0.101. The van der Waals surface area contributed by atoms with E-state index in [9.17, 15) is 4.79 Å². The summed E-state index contributed by atoms with van der Waals surface area (Å²) < 4.78 is 5.88. The molecule has 0 radical (unpaired) electrons. The van der Waals surface area contributed by atoms with Gasteiger partial charge in [-0.2, -0.15) is 0 Å². The second-order valence-electron chi connectivity index (χ2n) is 5.14. The third-order valence-electron chi connectivity index (χ3n) is 3.54. The highest BCUT2D eigenvalue weighted by Crippen LogP contribution is 2.35. The molecule has 2 aromatic rings. The highest BCUT2D eigenvalue weighted by Gasteiger charge is 2.32. The number of ether oxygens (including phenoxy) is 1. The molecular weight excluding hydrogens is 362 g/mol. The van der Waals surface area contributed by atoms with Gasteiger partial charge in [0.2, 0.25) is 0 Å². The number of carbonyl (C=O) groups is 1. The molecule has 1 fully saturated rings. The van der Waals surface area contributed by atoms with Crippen LogP contribution in [0.5, 0.6) is 5.75 Å². The van der Waals surface area contributed by atoms with E-state index in [2.05, 4.69) is 0 Å². The van der Waals surface area contributed by atoms with Crippen LogP contribution in [0.1, 0.15) is 11.1 Å². The van der Waals surface area contributed by atoms with Crippen LogP contribution in [0, 0.1) is 0 Å². The van der Waals surface area contributed by atoms with Crippen LogP contribution < -0.4 is 4.74 Å². The molecule has 3 nitrogen and oxygen atoms in total. The van der Waals surface area contributed by atoms with Gasteiger partial charge in [-0.3, -0.25) is 9.69 Å². The summed E-state index contributed by atoms with van der Waals surface area (Å²) in [5, 5.41) is 0.585. The van der Waals surface area contributed by atoms with E-state index in [0.717, 1.165) is 11.1 Å². The molecule has 1 aliphatic rings. The Morgan fingerprint density at radius 3 is 2.71 bits per heavy atom. The van der Waals surface area contributed by atoms with E-state index in [1.165, 1.54) is 11.8 Å². The Morgan fingerprint density at radius 2 is 2.00 bits per heavy atom. The molecule has 1 aliphatic heterocycles. The lowest BCUT2D eigenvalue weighted by molar-refractivity contribution is -0.122. The number of thioether (sulfide) groups is 1. The first-order chi connectivity index (χ1) is 11.6. The molecule has 24 heavy (non-hydrogen) atoms. The Hall–Kier alpha value is -1.82. The van der Waals surface area contributed by atoms with Crippen LogP contribution in [0.2, 0.25) is 5.02 Å². The number of thiocarbonyl (C=S) groups is 1. The summed E-state index contributed by atoms with van der Waals surface area (Å²) in [7, 11) is 1.58. The summed E-state index contributed by atoms with van der Waals surface area (Å²) in [5.74, 6) is 0.559. The van der Waals surface area contributed by atoms with E-state index >= 15 is 0 Å². The first-order valence-electron chi connectivity index (χ1n) is 7.21. The maximum atomic E-state index is 12.7. The van der Waals surface area contributed by atoms with Gasteiger partial charge in [-0.25, -0.2) is 0 Å². The number of amides is 1. The second kappa shape index (κ2) is 7.38. The van der Waals surface area contributed by atoms with Gasteiger partial charge in [0, 0.05) is 10.6 Å². The number of nitrogens with zero attached hydrogens (tertiary/aromatic N) is 1. The van der Waals surface area contributed by atoms with Crippen molar-refractivity contribution in [3.63, 3.8) is 0 Å². The zero-order valence-corrected chi connectivity index (χ0v) is 15.3. The van der Waals surface area contributed by atoms with Gasteiger partial charge in [-0.1, -0.05) is 65.9 Å². The van der Waals surface area contributed by atoms with Gasteiger partial charge in [0.1, 0.15) is 10.1 Å². The fourth-order valence-electron chi connectivity index (χ4n) is 2.36. The number of rotatable bonds is 4. The predicted molar refractivity (Wildman–Crippen MR) is 103 cm³/mol. The van der Waals surface area contributed by atoms with E-state index in [1.807, 2.05) is 30.3 Å². The van der Waals surface area contributed by atoms with Gasteiger partial charge in [0.05, 0.1) is 18.6 Å². The molecule has 6 heteroatoms. The van der Waals surface area contributed by atoms with Crippen molar-refractivity contribution in [1.29, 1.82) is 0 Å². The average molecular weight is 376 g/mol. The zero-order chi connectivity index (χ0) is 17.1. The molecule has 3 rings (SSSR count). The van der Waals surface area contributed by atoms with E-state index in [-0.39, 0.29) is 5.91 Å². The van der Waals surface area contributed by atoms with Crippen LogP contribution in [0.15, 0.2) is 53.4 Å². The van der Waals surface area contributed by atoms with Gasteiger partial charge in [-0.05, 0) is 29.8 Å². The van der Waals surface area contributed by atoms with Crippen molar-refractivity contribution in [3.8, 4) is 5.75 Å². The predicted octanol–water partition coefficient (Wildman–Crippen LogP) is 4.75. The Balaban J connectivity index is 1.87. The maximum absolute atomic E-state index is 12.7. The quantitative estimate of drug-likeness (QED) is 0.569. The minimum Gasteiger partial charge on any atom is -0.496 e. The molecule has 0 saturated carbocycles. The standard InChI is InChI=1S/C18H14ClNO2S2/c1-22-15-8-7-14(19)9-13(15)10-16-17(21)20(18(23)24-16)11-12-5-3-2-4-6-12/h2-10H,11H2,1H3. The largest absolute Gasteiger partial charge is 0.496 e. The molecule has 0 bridgehead atoms. The third-order valence-corrected chi connectivity index (χ3v) is 5.15. The van der Waals surface area contributed by atoms with Gasteiger partial charge in [0.15, 0.2) is 0 Å². The van der Waals surface area contributed by atoms with Crippen LogP contribution in [0.4, 0.5) is 0 Å². The molecule has 2 aromatic carbocycles. The van der Waals surface area contributed by atoms with Crippen molar-refractivity contribution in [3.05, 3.63) is 69.6 Å². The molecule has 0 atom stereocenters. The summed E-state index contributed by atoms with van der Waals surface area (Å²) in [6.45, 7) is 0.468. The summed E-state index contributed by atoms with van der Waals surface area (Å²) in [5.41, 5.74) is 1.79. The van der Waals surface area contributed by atoms with Crippen LogP contribution >= 0.6 is 35.6 Å². The molecule has 0 aromatic heterocycles. The smallest absolute Gasteiger partial charge is 0.266 e. The number of methoxy groups -OCH3 is 1. The number of carbonyl (C=O) groups excluding carboxylic acids is 1. The van der Waals surface area contributed by atoms with Crippen molar-refractivity contribution in [2.75, 3.05) is 7.11 Å². The van der Waals surface area contributed by atoms with E-state index in [1.54, 1.807) is 36.3 Å². The normalized spacial score (nSPS) is 16.1. The highest BCUT2D eigenvalue weighted by atomic mass is 35.5. The molecular formula is C18H14ClNO2S2. The molecule has 0 N–H and O–H groups in total. The van der Waals surface area contributed by atoms with Gasteiger partial charge >= 0.3 is 0 Å². The Morgan fingerprint density at radius 1 is 1.25 bits per heavy atom. The average Bonchev–Trinajstić information content (AvgIpc) is 2.84. The minimum atomic E-state index is -0.101. The Bertz CT molecular complexity index is 821. The van der Waals surface area contributed by atoms with E-state index in [4.69, 9.17) is 28.6 Å². The molecule has 1 amide bonds. The lowest BCUT2D eigenvalue weighted by Crippen LogP contribution is -2.27. The first-order valence-corrected chi connectivity index (χ1v) is 8.81. The number of hydrogen-bond acceptors (Lipinski definition) is 4. The Kier molecular flexibility index (Phi) is 5.23. The second-order valence-corrected chi connectivity index (χ2v) is 7.25. The molecule has 0 spiro atoms. The topological polar surface area (TPSA) is 29.5 Å². The number of hydrogen-bond donors (Lipinski definition) is 0. The third kappa shape index (κ3) is 3.64. The lowest BCUT2D eigenvalue weighted by Gasteiger charge is -2.14. The van der Waals surface area contributed by atoms with Gasteiger partial charge in [0.25, 0.3) is 5.91 Å². The lowest BCUT2D eigenvalue weighted by atomic mass is 10.1. The number of halogens is 1. The molecule has 1 saturated heterocycles.